The number of halogens is 1. The molecule has 0 fully saturated rings. The molecule has 0 bridgehead atoms. The van der Waals surface area contributed by atoms with Gasteiger partial charge in [0.15, 0.2) is 0 Å². The minimum absolute atomic E-state index is 0.0229. The number of aromatic nitrogens is 1. The summed E-state index contributed by atoms with van der Waals surface area (Å²) >= 11 is 3.32. The molecule has 5 heteroatoms. The van der Waals surface area contributed by atoms with Gasteiger partial charge in [-0.3, -0.25) is 9.78 Å². The van der Waals surface area contributed by atoms with Gasteiger partial charge in [0.1, 0.15) is 0 Å². The predicted molar refractivity (Wildman–Crippen MR) is 76.4 cm³/mol. The maximum absolute atomic E-state index is 11.7. The van der Waals surface area contributed by atoms with Crippen LogP contribution in [0.2, 0.25) is 0 Å². The lowest BCUT2D eigenvalue weighted by Gasteiger charge is -2.15. The van der Waals surface area contributed by atoms with Gasteiger partial charge in [0.2, 0.25) is 5.91 Å². The monoisotopic (exact) mass is 313 g/mol. The van der Waals surface area contributed by atoms with E-state index in [9.17, 15) is 4.79 Å². The van der Waals surface area contributed by atoms with E-state index in [-0.39, 0.29) is 5.91 Å². The van der Waals surface area contributed by atoms with Crippen molar-refractivity contribution in [3.05, 3.63) is 28.5 Å². The number of nitrogens with zero attached hydrogens (tertiary/aromatic N) is 2. The number of pyridine rings is 1. The average molecular weight is 314 g/mol. The highest BCUT2D eigenvalue weighted by Crippen LogP contribution is 2.07. The van der Waals surface area contributed by atoms with Gasteiger partial charge in [-0.05, 0) is 48.1 Å². The van der Waals surface area contributed by atoms with Gasteiger partial charge in [-0.25, -0.2) is 0 Å². The molecule has 0 aliphatic rings. The van der Waals surface area contributed by atoms with Gasteiger partial charge in [0, 0.05) is 29.5 Å². The van der Waals surface area contributed by atoms with Crippen LogP contribution in [0.25, 0.3) is 0 Å². The van der Waals surface area contributed by atoms with Gasteiger partial charge >= 0.3 is 0 Å². The van der Waals surface area contributed by atoms with Crippen molar-refractivity contribution in [1.82, 2.24) is 15.2 Å². The molecule has 0 aliphatic carbocycles. The molecule has 0 spiro atoms. The van der Waals surface area contributed by atoms with E-state index in [2.05, 4.69) is 45.1 Å². The van der Waals surface area contributed by atoms with Crippen LogP contribution in [0, 0.1) is 0 Å². The Balaban J connectivity index is 2.23. The molecule has 1 aromatic rings. The third kappa shape index (κ3) is 6.12. The summed E-state index contributed by atoms with van der Waals surface area (Å²) < 4.78 is 0.924. The lowest BCUT2D eigenvalue weighted by Crippen LogP contribution is -2.34. The van der Waals surface area contributed by atoms with Crippen molar-refractivity contribution >= 4 is 21.8 Å². The highest BCUT2D eigenvalue weighted by molar-refractivity contribution is 9.10. The first kappa shape index (κ1) is 15.1. The third-order valence-corrected chi connectivity index (χ3v) is 3.02. The molecule has 0 radical (unpaired) electrons. The summed E-state index contributed by atoms with van der Waals surface area (Å²) in [5.74, 6) is 0.0229. The fourth-order valence-electron chi connectivity index (χ4n) is 1.62. The summed E-state index contributed by atoms with van der Waals surface area (Å²) in [6, 6.07) is 3.75. The summed E-state index contributed by atoms with van der Waals surface area (Å²) in [5, 5.41) is 2.90. The van der Waals surface area contributed by atoms with Crippen LogP contribution in [0.1, 0.15) is 19.0 Å². The number of hydrogen-bond donors (Lipinski definition) is 1. The summed E-state index contributed by atoms with van der Waals surface area (Å²) in [5.41, 5.74) is 0.789. The fraction of sp³-hybridized carbons (Fsp3) is 0.538. The van der Waals surface area contributed by atoms with E-state index < -0.39 is 0 Å². The Labute approximate surface area is 117 Å². The van der Waals surface area contributed by atoms with Crippen LogP contribution in [0.4, 0.5) is 0 Å². The zero-order valence-electron chi connectivity index (χ0n) is 10.9. The summed E-state index contributed by atoms with van der Waals surface area (Å²) in [6.45, 7) is 4.78. The molecule has 4 nitrogen and oxygen atoms in total. The van der Waals surface area contributed by atoms with Crippen molar-refractivity contribution in [1.29, 1.82) is 0 Å². The van der Waals surface area contributed by atoms with Crippen LogP contribution in [0.5, 0.6) is 0 Å². The van der Waals surface area contributed by atoms with Crippen LogP contribution in [0.3, 0.4) is 0 Å². The standard InChI is InChI=1S/C13H20BrN3O/c1-3-7-17(2)8-6-15-13(18)9-12-5-4-11(14)10-16-12/h4-5,10H,3,6-9H2,1-2H3,(H,15,18). The van der Waals surface area contributed by atoms with Gasteiger partial charge in [-0.1, -0.05) is 6.92 Å². The van der Waals surface area contributed by atoms with Crippen molar-refractivity contribution in [3.63, 3.8) is 0 Å². The van der Waals surface area contributed by atoms with Crippen LogP contribution in [-0.4, -0.2) is 42.5 Å². The summed E-state index contributed by atoms with van der Waals surface area (Å²) in [7, 11) is 2.06. The molecule has 1 rings (SSSR count). The Kier molecular flexibility index (Phi) is 6.90. The quantitative estimate of drug-likeness (QED) is 0.835. The molecule has 0 saturated heterocycles. The first-order chi connectivity index (χ1) is 8.61. The first-order valence-electron chi connectivity index (χ1n) is 6.17. The second kappa shape index (κ2) is 8.21. The molecule has 18 heavy (non-hydrogen) atoms. The summed E-state index contributed by atoms with van der Waals surface area (Å²) in [4.78, 5) is 18.0. The normalized spacial score (nSPS) is 10.7. The number of carbonyl (C=O) groups is 1. The second-order valence-corrected chi connectivity index (χ2v) is 5.21. The van der Waals surface area contributed by atoms with E-state index in [4.69, 9.17) is 0 Å². The Morgan fingerprint density at radius 1 is 1.44 bits per heavy atom. The Hall–Kier alpha value is -0.940. The van der Waals surface area contributed by atoms with Crippen LogP contribution < -0.4 is 5.32 Å². The number of rotatable bonds is 7. The average Bonchev–Trinajstić information content (AvgIpc) is 2.32. The van der Waals surface area contributed by atoms with Crippen molar-refractivity contribution in [2.45, 2.75) is 19.8 Å². The second-order valence-electron chi connectivity index (χ2n) is 4.30. The molecule has 1 N–H and O–H groups in total. The first-order valence-corrected chi connectivity index (χ1v) is 6.96. The van der Waals surface area contributed by atoms with Crippen LogP contribution >= 0.6 is 15.9 Å². The predicted octanol–water partition coefficient (Wildman–Crippen LogP) is 1.84. The third-order valence-electron chi connectivity index (χ3n) is 2.55. The highest BCUT2D eigenvalue weighted by atomic mass is 79.9. The van der Waals surface area contributed by atoms with Gasteiger partial charge in [0.05, 0.1) is 6.42 Å². The number of nitrogens with one attached hydrogen (secondary N) is 1. The SMILES string of the molecule is CCCN(C)CCNC(=O)Cc1ccc(Br)cn1. The molecule has 1 heterocycles. The van der Waals surface area contributed by atoms with Crippen molar-refractivity contribution in [2.75, 3.05) is 26.7 Å². The van der Waals surface area contributed by atoms with E-state index in [0.29, 0.717) is 13.0 Å². The zero-order chi connectivity index (χ0) is 13.4. The number of likely N-dealkylation sites (N-methyl/N-ethyl adjacent to an activating group) is 1. The largest absolute Gasteiger partial charge is 0.354 e. The minimum atomic E-state index is 0.0229. The van der Waals surface area contributed by atoms with Crippen molar-refractivity contribution in [2.24, 2.45) is 0 Å². The number of amides is 1. The Morgan fingerprint density at radius 2 is 2.22 bits per heavy atom. The van der Waals surface area contributed by atoms with Gasteiger partial charge in [-0.15, -0.1) is 0 Å². The number of hydrogen-bond acceptors (Lipinski definition) is 3. The Morgan fingerprint density at radius 3 is 2.83 bits per heavy atom. The zero-order valence-corrected chi connectivity index (χ0v) is 12.5. The summed E-state index contributed by atoms with van der Waals surface area (Å²) in [6.07, 6.45) is 3.18. The lowest BCUT2D eigenvalue weighted by molar-refractivity contribution is -0.120. The Bertz CT molecular complexity index is 367. The molecular formula is C13H20BrN3O. The maximum Gasteiger partial charge on any atom is 0.226 e. The molecule has 1 amide bonds. The van der Waals surface area contributed by atoms with Crippen molar-refractivity contribution in [3.8, 4) is 0 Å². The van der Waals surface area contributed by atoms with E-state index in [0.717, 1.165) is 29.7 Å². The molecule has 1 aromatic heterocycles. The van der Waals surface area contributed by atoms with Gasteiger partial charge < -0.3 is 10.2 Å². The van der Waals surface area contributed by atoms with E-state index >= 15 is 0 Å². The molecule has 0 aliphatic heterocycles. The molecule has 0 atom stereocenters. The van der Waals surface area contributed by atoms with E-state index in [1.54, 1.807) is 6.20 Å². The van der Waals surface area contributed by atoms with Crippen LogP contribution in [0.15, 0.2) is 22.8 Å². The van der Waals surface area contributed by atoms with E-state index in [1.807, 2.05) is 12.1 Å². The molecule has 0 aromatic carbocycles. The lowest BCUT2D eigenvalue weighted by atomic mass is 10.2. The molecule has 100 valence electrons. The molecular weight excluding hydrogens is 294 g/mol. The highest BCUT2D eigenvalue weighted by Gasteiger charge is 2.04. The molecule has 0 unspecified atom stereocenters. The van der Waals surface area contributed by atoms with E-state index in [1.165, 1.54) is 0 Å². The maximum atomic E-state index is 11.7. The number of carbonyl (C=O) groups excluding carboxylic acids is 1. The van der Waals surface area contributed by atoms with Crippen LogP contribution in [-0.2, 0) is 11.2 Å². The topological polar surface area (TPSA) is 45.2 Å². The minimum Gasteiger partial charge on any atom is -0.354 e. The van der Waals surface area contributed by atoms with Gasteiger partial charge in [-0.2, -0.15) is 0 Å². The van der Waals surface area contributed by atoms with Crippen molar-refractivity contribution < 1.29 is 4.79 Å². The fourth-order valence-corrected chi connectivity index (χ4v) is 1.85. The smallest absolute Gasteiger partial charge is 0.226 e. The van der Waals surface area contributed by atoms with Gasteiger partial charge in [0.25, 0.3) is 0 Å². The molecule has 0 saturated carbocycles.